The van der Waals surface area contributed by atoms with Gasteiger partial charge in [0.2, 0.25) is 0 Å². The highest BCUT2D eigenvalue weighted by atomic mass is 35.5. The van der Waals surface area contributed by atoms with Gasteiger partial charge in [-0.3, -0.25) is 0 Å². The van der Waals surface area contributed by atoms with Gasteiger partial charge in [0.25, 0.3) is 5.88 Å². The van der Waals surface area contributed by atoms with E-state index >= 15 is 0 Å². The first-order valence-corrected chi connectivity index (χ1v) is 3.42. The molecule has 0 aliphatic heterocycles. The van der Waals surface area contributed by atoms with Crippen molar-refractivity contribution in [3.05, 3.63) is 30.2 Å². The summed E-state index contributed by atoms with van der Waals surface area (Å²) < 4.78 is 5.06. The van der Waals surface area contributed by atoms with Crippen molar-refractivity contribution in [2.45, 2.75) is 0 Å². The van der Waals surface area contributed by atoms with Crippen molar-refractivity contribution in [3.63, 3.8) is 0 Å². The minimum Gasteiger partial charge on any atom is -0.471 e. The van der Waals surface area contributed by atoms with Crippen molar-refractivity contribution in [2.24, 2.45) is 0 Å². The molecular weight excluding hydrogens is 164 g/mol. The molecule has 0 aliphatic rings. The maximum absolute atomic E-state index is 5.63. The summed E-state index contributed by atoms with van der Waals surface area (Å²) in [5, 5.41) is 0.273. The maximum atomic E-state index is 5.63. The standard InChI is InChI=1S/C7H7ClN2O/c1-2-5-11-7-6(8)9-3-4-10-7/h2-4H,1,5H2. The second-order valence-electron chi connectivity index (χ2n) is 1.75. The number of hydrogen-bond acceptors (Lipinski definition) is 3. The minimum atomic E-state index is 0.273. The van der Waals surface area contributed by atoms with Crippen LogP contribution in [0.25, 0.3) is 0 Å². The van der Waals surface area contributed by atoms with E-state index in [0.29, 0.717) is 12.5 Å². The zero-order valence-corrected chi connectivity index (χ0v) is 6.58. The Morgan fingerprint density at radius 2 is 2.27 bits per heavy atom. The molecule has 1 heterocycles. The van der Waals surface area contributed by atoms with Crippen molar-refractivity contribution in [2.75, 3.05) is 6.61 Å². The molecule has 0 amide bonds. The summed E-state index contributed by atoms with van der Waals surface area (Å²) in [6.07, 6.45) is 4.64. The molecule has 0 spiro atoms. The maximum Gasteiger partial charge on any atom is 0.252 e. The highest BCUT2D eigenvalue weighted by molar-refractivity contribution is 6.30. The quantitative estimate of drug-likeness (QED) is 0.648. The van der Waals surface area contributed by atoms with E-state index in [-0.39, 0.29) is 5.15 Å². The Morgan fingerprint density at radius 3 is 2.91 bits per heavy atom. The van der Waals surface area contributed by atoms with Gasteiger partial charge in [0.1, 0.15) is 6.61 Å². The van der Waals surface area contributed by atoms with Gasteiger partial charge in [0.15, 0.2) is 5.15 Å². The number of nitrogens with zero attached hydrogens (tertiary/aromatic N) is 2. The molecule has 1 rings (SSSR count). The summed E-state index contributed by atoms with van der Waals surface area (Å²) in [5.41, 5.74) is 0. The van der Waals surface area contributed by atoms with E-state index in [4.69, 9.17) is 16.3 Å². The normalized spacial score (nSPS) is 9.18. The number of ether oxygens (including phenoxy) is 1. The first kappa shape index (κ1) is 8.01. The summed E-state index contributed by atoms with van der Waals surface area (Å²) in [7, 11) is 0. The molecule has 58 valence electrons. The summed E-state index contributed by atoms with van der Waals surface area (Å²) in [5.74, 6) is 0.342. The molecule has 0 saturated carbocycles. The monoisotopic (exact) mass is 170 g/mol. The third-order valence-electron chi connectivity index (χ3n) is 0.961. The molecule has 1 aromatic heterocycles. The number of aromatic nitrogens is 2. The molecule has 0 N–H and O–H groups in total. The van der Waals surface area contributed by atoms with Crippen molar-refractivity contribution in [1.29, 1.82) is 0 Å². The molecule has 1 aromatic rings. The van der Waals surface area contributed by atoms with E-state index in [1.807, 2.05) is 0 Å². The second-order valence-corrected chi connectivity index (χ2v) is 2.11. The Balaban J connectivity index is 2.69. The van der Waals surface area contributed by atoms with Crippen LogP contribution in [0, 0.1) is 0 Å². The molecule has 11 heavy (non-hydrogen) atoms. The number of rotatable bonds is 3. The van der Waals surface area contributed by atoms with Crippen LogP contribution in [0.2, 0.25) is 5.15 Å². The van der Waals surface area contributed by atoms with Crippen LogP contribution >= 0.6 is 11.6 Å². The third-order valence-corrected chi connectivity index (χ3v) is 1.22. The lowest BCUT2D eigenvalue weighted by Crippen LogP contribution is -1.96. The van der Waals surface area contributed by atoms with Crippen LogP contribution in [0.1, 0.15) is 0 Å². The number of halogens is 1. The zero-order valence-electron chi connectivity index (χ0n) is 5.83. The fourth-order valence-electron chi connectivity index (χ4n) is 0.543. The van der Waals surface area contributed by atoms with Crippen LogP contribution in [0.15, 0.2) is 25.0 Å². The van der Waals surface area contributed by atoms with Gasteiger partial charge in [-0.25, -0.2) is 9.97 Å². The molecule has 0 aromatic carbocycles. The zero-order chi connectivity index (χ0) is 8.10. The van der Waals surface area contributed by atoms with Crippen molar-refractivity contribution >= 4 is 11.6 Å². The number of hydrogen-bond donors (Lipinski definition) is 0. The Labute approximate surface area is 69.7 Å². The summed E-state index contributed by atoms with van der Waals surface area (Å²) in [6.45, 7) is 3.88. The molecule has 3 nitrogen and oxygen atoms in total. The smallest absolute Gasteiger partial charge is 0.252 e. The van der Waals surface area contributed by atoms with E-state index in [9.17, 15) is 0 Å². The van der Waals surface area contributed by atoms with Crippen molar-refractivity contribution < 1.29 is 4.74 Å². The molecule has 0 radical (unpaired) electrons. The van der Waals surface area contributed by atoms with Crippen molar-refractivity contribution in [1.82, 2.24) is 9.97 Å². The van der Waals surface area contributed by atoms with Gasteiger partial charge < -0.3 is 4.74 Å². The first-order chi connectivity index (χ1) is 5.34. The molecule has 0 atom stereocenters. The van der Waals surface area contributed by atoms with Crippen LogP contribution in [0.5, 0.6) is 5.88 Å². The summed E-state index contributed by atoms with van der Waals surface area (Å²) >= 11 is 5.63. The van der Waals surface area contributed by atoms with Crippen LogP contribution < -0.4 is 4.74 Å². The molecule has 0 aliphatic carbocycles. The predicted molar refractivity (Wildman–Crippen MR) is 42.7 cm³/mol. The van der Waals surface area contributed by atoms with Crippen LogP contribution in [-0.4, -0.2) is 16.6 Å². The molecule has 0 fully saturated rings. The summed E-state index contributed by atoms with van der Waals surface area (Å²) in [4.78, 5) is 7.63. The lowest BCUT2D eigenvalue weighted by Gasteiger charge is -2.00. The van der Waals surface area contributed by atoms with Gasteiger partial charge >= 0.3 is 0 Å². The highest BCUT2D eigenvalue weighted by Gasteiger charge is 1.99. The molecule has 0 unspecified atom stereocenters. The van der Waals surface area contributed by atoms with Gasteiger partial charge in [-0.1, -0.05) is 24.3 Å². The summed E-state index contributed by atoms with van der Waals surface area (Å²) in [6, 6.07) is 0. The lowest BCUT2D eigenvalue weighted by molar-refractivity contribution is 0.347. The van der Waals surface area contributed by atoms with E-state index in [2.05, 4.69) is 16.5 Å². The van der Waals surface area contributed by atoms with Gasteiger partial charge in [0.05, 0.1) is 0 Å². The highest BCUT2D eigenvalue weighted by Crippen LogP contribution is 2.16. The van der Waals surface area contributed by atoms with E-state index in [1.165, 1.54) is 12.4 Å². The van der Waals surface area contributed by atoms with Gasteiger partial charge in [-0.05, 0) is 0 Å². The first-order valence-electron chi connectivity index (χ1n) is 3.05. The molecule has 0 bridgehead atoms. The molecule has 4 heteroatoms. The van der Waals surface area contributed by atoms with E-state index < -0.39 is 0 Å². The van der Waals surface area contributed by atoms with Crippen LogP contribution in [0.3, 0.4) is 0 Å². The minimum absolute atomic E-state index is 0.273. The third kappa shape index (κ3) is 2.20. The Kier molecular flexibility index (Phi) is 2.86. The Bertz CT molecular complexity index is 252. The molecular formula is C7H7ClN2O. The SMILES string of the molecule is C=CCOc1nccnc1Cl. The van der Waals surface area contributed by atoms with Gasteiger partial charge in [-0.2, -0.15) is 0 Å². The van der Waals surface area contributed by atoms with E-state index in [0.717, 1.165) is 0 Å². The molecule has 0 saturated heterocycles. The Morgan fingerprint density at radius 1 is 1.55 bits per heavy atom. The topological polar surface area (TPSA) is 35.0 Å². The predicted octanol–water partition coefficient (Wildman–Crippen LogP) is 1.69. The van der Waals surface area contributed by atoms with Crippen molar-refractivity contribution in [3.8, 4) is 5.88 Å². The van der Waals surface area contributed by atoms with Crippen LogP contribution in [-0.2, 0) is 0 Å². The Hall–Kier alpha value is -1.09. The lowest BCUT2D eigenvalue weighted by atomic mass is 10.6. The fraction of sp³-hybridized carbons (Fsp3) is 0.143. The fourth-order valence-corrected chi connectivity index (χ4v) is 0.703. The van der Waals surface area contributed by atoms with Gasteiger partial charge in [0, 0.05) is 12.4 Å². The second kappa shape index (κ2) is 3.93. The van der Waals surface area contributed by atoms with E-state index in [1.54, 1.807) is 6.08 Å². The largest absolute Gasteiger partial charge is 0.471 e. The average Bonchev–Trinajstić information content (AvgIpc) is 2.03. The average molecular weight is 171 g/mol. The van der Waals surface area contributed by atoms with Gasteiger partial charge in [-0.15, -0.1) is 0 Å². The van der Waals surface area contributed by atoms with Crippen LogP contribution in [0.4, 0.5) is 0 Å².